The molecule has 8 nitrogen and oxygen atoms in total. The number of rotatable bonds is 4. The Morgan fingerprint density at radius 3 is 2.79 bits per heavy atom. The summed E-state index contributed by atoms with van der Waals surface area (Å²) >= 11 is 0. The number of nitrogens with one attached hydrogen (secondary N) is 1. The molecule has 1 aromatic carbocycles. The highest BCUT2D eigenvalue weighted by Crippen LogP contribution is 2.31. The lowest BCUT2D eigenvalue weighted by Crippen LogP contribution is -2.40. The Labute approximate surface area is 109 Å². The van der Waals surface area contributed by atoms with E-state index in [-0.39, 0.29) is 5.69 Å². The monoisotopic (exact) mass is 265 g/mol. The molecule has 1 aliphatic rings. The van der Waals surface area contributed by atoms with Gasteiger partial charge in [-0.2, -0.15) is 0 Å². The molecule has 0 bridgehead atoms. The number of nitrogens with zero attached hydrogens (tertiary/aromatic N) is 2. The highest BCUT2D eigenvalue weighted by atomic mass is 16.6. The first-order valence-corrected chi connectivity index (χ1v) is 5.85. The van der Waals surface area contributed by atoms with E-state index in [4.69, 9.17) is 11.6 Å². The van der Waals surface area contributed by atoms with E-state index in [1.807, 2.05) is 0 Å². The summed E-state index contributed by atoms with van der Waals surface area (Å²) in [4.78, 5) is 23.5. The Kier molecular flexibility index (Phi) is 3.52. The second kappa shape index (κ2) is 5.11. The zero-order valence-electron chi connectivity index (χ0n) is 10.2. The minimum absolute atomic E-state index is 0.0828. The van der Waals surface area contributed by atoms with Crippen LogP contribution in [0.25, 0.3) is 0 Å². The highest BCUT2D eigenvalue weighted by Gasteiger charge is 2.30. The normalized spacial score (nSPS) is 18.4. The lowest BCUT2D eigenvalue weighted by Gasteiger charge is -2.24. The van der Waals surface area contributed by atoms with Gasteiger partial charge in [0, 0.05) is 24.4 Å². The summed E-state index contributed by atoms with van der Waals surface area (Å²) in [7, 11) is 0. The fourth-order valence-electron chi connectivity index (χ4n) is 2.32. The molecule has 19 heavy (non-hydrogen) atoms. The Bertz CT molecular complexity index is 519. The van der Waals surface area contributed by atoms with Crippen LogP contribution < -0.4 is 21.9 Å². The Balaban J connectivity index is 2.40. The summed E-state index contributed by atoms with van der Waals surface area (Å²) in [6.07, 6.45) is 1.48. The van der Waals surface area contributed by atoms with E-state index in [1.165, 1.54) is 12.1 Å². The number of nitrogen functional groups attached to an aromatic ring is 1. The third kappa shape index (κ3) is 2.58. The number of nitro groups is 1. The average molecular weight is 265 g/mol. The Morgan fingerprint density at radius 2 is 2.21 bits per heavy atom. The van der Waals surface area contributed by atoms with Crippen molar-refractivity contribution in [1.29, 1.82) is 0 Å². The van der Waals surface area contributed by atoms with Crippen LogP contribution in [0.3, 0.4) is 0 Å². The van der Waals surface area contributed by atoms with Gasteiger partial charge in [0.05, 0.1) is 10.6 Å². The Hall–Kier alpha value is -2.35. The molecule has 1 amide bonds. The summed E-state index contributed by atoms with van der Waals surface area (Å²) < 4.78 is 0. The number of nitro benzene ring substituents is 1. The number of nitrogens with two attached hydrogens (primary N) is 2. The minimum Gasteiger partial charge on any atom is -0.368 e. The van der Waals surface area contributed by atoms with Crippen molar-refractivity contribution >= 4 is 23.0 Å². The first kappa shape index (κ1) is 13.1. The molecule has 5 N–H and O–H groups in total. The molecule has 1 heterocycles. The molecule has 0 saturated carbocycles. The van der Waals surface area contributed by atoms with Gasteiger partial charge in [0.2, 0.25) is 5.91 Å². The minimum atomic E-state index is -0.500. The topological polar surface area (TPSA) is 128 Å². The second-order valence-electron chi connectivity index (χ2n) is 4.39. The number of amides is 1. The smallest absolute Gasteiger partial charge is 0.273 e. The van der Waals surface area contributed by atoms with Crippen LogP contribution in [-0.2, 0) is 4.79 Å². The molecule has 1 saturated heterocycles. The quantitative estimate of drug-likeness (QED) is 0.409. The molecule has 0 spiro atoms. The lowest BCUT2D eigenvalue weighted by atomic mass is 10.2. The molecule has 1 aromatic rings. The molecule has 1 fully saturated rings. The maximum absolute atomic E-state index is 11.4. The number of carbonyl (C=O) groups excluding carboxylic acids is 1. The second-order valence-corrected chi connectivity index (χ2v) is 4.39. The number of carbonyl (C=O) groups is 1. The number of hydrazine groups is 1. The van der Waals surface area contributed by atoms with E-state index >= 15 is 0 Å². The molecule has 1 aliphatic heterocycles. The third-order valence-electron chi connectivity index (χ3n) is 3.19. The maximum atomic E-state index is 11.4. The molecule has 2 rings (SSSR count). The summed E-state index contributed by atoms with van der Waals surface area (Å²) in [6, 6.07) is 3.99. The third-order valence-corrected chi connectivity index (χ3v) is 3.19. The van der Waals surface area contributed by atoms with E-state index < -0.39 is 16.9 Å². The molecule has 1 unspecified atom stereocenters. The summed E-state index contributed by atoms with van der Waals surface area (Å²) in [5.74, 6) is 4.87. The molecule has 0 radical (unpaired) electrons. The zero-order valence-corrected chi connectivity index (χ0v) is 10.2. The predicted octanol–water partition coefficient (Wildman–Crippen LogP) is 0.335. The van der Waals surface area contributed by atoms with Crippen molar-refractivity contribution in [3.05, 3.63) is 28.3 Å². The van der Waals surface area contributed by atoms with Gasteiger partial charge in [-0.1, -0.05) is 0 Å². The zero-order chi connectivity index (χ0) is 14.0. The molecular formula is C11H15N5O3. The number of anilines is 2. The molecule has 1 atom stereocenters. The predicted molar refractivity (Wildman–Crippen MR) is 70.5 cm³/mol. The van der Waals surface area contributed by atoms with Crippen LogP contribution in [-0.4, -0.2) is 23.4 Å². The number of primary amides is 1. The van der Waals surface area contributed by atoms with E-state index in [9.17, 15) is 14.9 Å². The van der Waals surface area contributed by atoms with Crippen molar-refractivity contribution in [2.24, 2.45) is 11.6 Å². The van der Waals surface area contributed by atoms with Crippen LogP contribution in [0, 0.1) is 10.1 Å². The SMILES string of the molecule is NNc1cc(N2CCCC2C(N)=O)cc([N+](=O)[O-])c1. The highest BCUT2D eigenvalue weighted by molar-refractivity contribution is 5.84. The number of hydrogen-bond donors (Lipinski definition) is 3. The van der Waals surface area contributed by atoms with Crippen molar-refractivity contribution < 1.29 is 9.72 Å². The number of non-ortho nitro benzene ring substituents is 1. The van der Waals surface area contributed by atoms with Crippen molar-refractivity contribution in [3.8, 4) is 0 Å². The maximum Gasteiger partial charge on any atom is 0.273 e. The van der Waals surface area contributed by atoms with E-state index in [2.05, 4.69) is 5.43 Å². The van der Waals surface area contributed by atoms with Gasteiger partial charge in [-0.15, -0.1) is 0 Å². The first-order chi connectivity index (χ1) is 9.02. The van der Waals surface area contributed by atoms with Crippen LogP contribution in [0.1, 0.15) is 12.8 Å². The fourth-order valence-corrected chi connectivity index (χ4v) is 2.32. The van der Waals surface area contributed by atoms with Gasteiger partial charge in [0.15, 0.2) is 0 Å². The van der Waals surface area contributed by atoms with E-state index in [0.29, 0.717) is 24.3 Å². The van der Waals surface area contributed by atoms with E-state index in [0.717, 1.165) is 6.42 Å². The number of hydrogen-bond acceptors (Lipinski definition) is 6. The van der Waals surface area contributed by atoms with Gasteiger partial charge in [0.1, 0.15) is 6.04 Å². The first-order valence-electron chi connectivity index (χ1n) is 5.85. The van der Waals surface area contributed by atoms with Gasteiger partial charge < -0.3 is 16.1 Å². The summed E-state index contributed by atoms with van der Waals surface area (Å²) in [6.45, 7) is 0.638. The molecule has 8 heteroatoms. The largest absolute Gasteiger partial charge is 0.368 e. The van der Waals surface area contributed by atoms with Crippen LogP contribution in [0.4, 0.5) is 17.1 Å². The molecule has 102 valence electrons. The molecular weight excluding hydrogens is 250 g/mol. The van der Waals surface area contributed by atoms with Crippen molar-refractivity contribution in [2.75, 3.05) is 16.9 Å². The van der Waals surface area contributed by atoms with Crippen LogP contribution in [0.5, 0.6) is 0 Å². The molecule has 0 aliphatic carbocycles. The van der Waals surface area contributed by atoms with E-state index in [1.54, 1.807) is 11.0 Å². The van der Waals surface area contributed by atoms with Gasteiger partial charge in [-0.25, -0.2) is 0 Å². The van der Waals surface area contributed by atoms with Crippen LogP contribution in [0.15, 0.2) is 18.2 Å². The fraction of sp³-hybridized carbons (Fsp3) is 0.364. The van der Waals surface area contributed by atoms with Crippen molar-refractivity contribution in [1.82, 2.24) is 0 Å². The molecule has 0 aromatic heterocycles. The van der Waals surface area contributed by atoms with Gasteiger partial charge >= 0.3 is 0 Å². The number of benzene rings is 1. The van der Waals surface area contributed by atoms with Crippen molar-refractivity contribution in [2.45, 2.75) is 18.9 Å². The standard InChI is InChI=1S/C11H15N5O3/c12-11(17)10-2-1-3-15(10)8-4-7(14-13)5-9(6-8)16(18)19/h4-6,10,14H,1-3,13H2,(H2,12,17). The van der Waals surface area contributed by atoms with Crippen LogP contribution >= 0.6 is 0 Å². The van der Waals surface area contributed by atoms with Crippen molar-refractivity contribution in [3.63, 3.8) is 0 Å². The van der Waals surface area contributed by atoms with Gasteiger partial charge in [-0.05, 0) is 18.9 Å². The van der Waals surface area contributed by atoms with Gasteiger partial charge in [0.25, 0.3) is 5.69 Å². The van der Waals surface area contributed by atoms with Gasteiger partial charge in [-0.3, -0.25) is 20.8 Å². The van der Waals surface area contributed by atoms with Crippen LogP contribution in [0.2, 0.25) is 0 Å². The summed E-state index contributed by atoms with van der Waals surface area (Å²) in [5, 5.41) is 10.9. The lowest BCUT2D eigenvalue weighted by molar-refractivity contribution is -0.384. The average Bonchev–Trinajstić information content (AvgIpc) is 2.87. The summed E-state index contributed by atoms with van der Waals surface area (Å²) in [5.41, 5.74) is 8.63. The Morgan fingerprint density at radius 1 is 1.47 bits per heavy atom.